The van der Waals surface area contributed by atoms with Crippen molar-refractivity contribution in [2.45, 2.75) is 18.9 Å². The minimum absolute atomic E-state index is 0.0931. The highest BCUT2D eigenvalue weighted by atomic mass is 35.5. The zero-order chi connectivity index (χ0) is 16.9. The first-order valence-corrected chi connectivity index (χ1v) is 8.23. The van der Waals surface area contributed by atoms with Crippen molar-refractivity contribution in [1.82, 2.24) is 10.3 Å². The molecule has 1 aromatic heterocycles. The van der Waals surface area contributed by atoms with Crippen molar-refractivity contribution in [2.75, 3.05) is 6.61 Å². The monoisotopic (exact) mass is 342 g/mol. The maximum absolute atomic E-state index is 12.3. The van der Waals surface area contributed by atoms with Crippen LogP contribution in [0, 0.1) is 0 Å². The summed E-state index contributed by atoms with van der Waals surface area (Å²) >= 11 is 5.97. The lowest BCUT2D eigenvalue weighted by molar-refractivity contribution is -0.121. The van der Waals surface area contributed by atoms with E-state index in [0.717, 1.165) is 22.0 Å². The third-order valence-electron chi connectivity index (χ3n) is 3.99. The highest BCUT2D eigenvalue weighted by molar-refractivity contribution is 6.31. The van der Waals surface area contributed by atoms with Crippen LogP contribution in [0.3, 0.4) is 0 Å². The molecule has 0 fully saturated rings. The van der Waals surface area contributed by atoms with Gasteiger partial charge in [0.2, 0.25) is 5.91 Å². The third kappa shape index (κ3) is 3.96. The summed E-state index contributed by atoms with van der Waals surface area (Å²) in [4.78, 5) is 15.4. The van der Waals surface area contributed by atoms with Crippen molar-refractivity contribution in [1.29, 1.82) is 0 Å². The van der Waals surface area contributed by atoms with Crippen LogP contribution in [0.25, 0.3) is 10.9 Å². The number of aromatic nitrogens is 1. The van der Waals surface area contributed by atoms with Crippen molar-refractivity contribution in [3.05, 3.63) is 70.9 Å². The van der Waals surface area contributed by atoms with Crippen LogP contribution in [-0.2, 0) is 17.6 Å². The van der Waals surface area contributed by atoms with Gasteiger partial charge in [0.15, 0.2) is 0 Å². The average Bonchev–Trinajstić information content (AvgIpc) is 2.97. The second-order valence-electron chi connectivity index (χ2n) is 5.82. The number of carbonyl (C=O) groups excluding carboxylic acids is 1. The van der Waals surface area contributed by atoms with Crippen LogP contribution in [0.1, 0.15) is 11.1 Å². The van der Waals surface area contributed by atoms with E-state index in [1.165, 1.54) is 0 Å². The van der Waals surface area contributed by atoms with E-state index in [-0.39, 0.29) is 25.0 Å². The molecule has 0 aliphatic heterocycles. The molecule has 1 heterocycles. The molecule has 2 aromatic carbocycles. The molecule has 24 heavy (non-hydrogen) atoms. The van der Waals surface area contributed by atoms with Gasteiger partial charge in [0.05, 0.1) is 19.1 Å². The van der Waals surface area contributed by atoms with Crippen molar-refractivity contribution in [2.24, 2.45) is 0 Å². The molecule has 0 saturated carbocycles. The van der Waals surface area contributed by atoms with Gasteiger partial charge in [-0.15, -0.1) is 0 Å². The van der Waals surface area contributed by atoms with Crippen molar-refractivity contribution in [3.63, 3.8) is 0 Å². The van der Waals surface area contributed by atoms with Crippen LogP contribution in [0.4, 0.5) is 0 Å². The van der Waals surface area contributed by atoms with Crippen LogP contribution < -0.4 is 5.32 Å². The Kier molecular flexibility index (Phi) is 5.18. The number of hydrogen-bond acceptors (Lipinski definition) is 2. The molecule has 3 aromatic rings. The molecule has 0 aliphatic carbocycles. The molecule has 3 N–H and O–H groups in total. The van der Waals surface area contributed by atoms with Crippen LogP contribution in [0.5, 0.6) is 0 Å². The maximum Gasteiger partial charge on any atom is 0.224 e. The number of benzene rings is 2. The van der Waals surface area contributed by atoms with E-state index in [4.69, 9.17) is 11.6 Å². The number of nitrogens with one attached hydrogen (secondary N) is 2. The lowest BCUT2D eigenvalue weighted by Crippen LogP contribution is -2.39. The number of amides is 1. The normalized spacial score (nSPS) is 12.2. The van der Waals surface area contributed by atoms with E-state index in [1.807, 2.05) is 54.7 Å². The molecule has 3 rings (SSSR count). The van der Waals surface area contributed by atoms with Crippen molar-refractivity contribution >= 4 is 28.4 Å². The Morgan fingerprint density at radius 1 is 1.21 bits per heavy atom. The molecule has 0 bridgehead atoms. The second-order valence-corrected chi connectivity index (χ2v) is 6.25. The summed E-state index contributed by atoms with van der Waals surface area (Å²) in [6.45, 7) is -0.0931. The van der Waals surface area contributed by atoms with E-state index in [2.05, 4.69) is 10.3 Å². The fourth-order valence-corrected chi connectivity index (χ4v) is 2.99. The zero-order valence-electron chi connectivity index (χ0n) is 13.1. The number of aliphatic hydroxyl groups is 1. The van der Waals surface area contributed by atoms with Crippen LogP contribution in [-0.4, -0.2) is 28.6 Å². The highest BCUT2D eigenvalue weighted by Gasteiger charge is 2.14. The largest absolute Gasteiger partial charge is 0.394 e. The summed E-state index contributed by atoms with van der Waals surface area (Å²) in [6, 6.07) is 15.1. The van der Waals surface area contributed by atoms with Crippen molar-refractivity contribution < 1.29 is 9.90 Å². The summed E-state index contributed by atoms with van der Waals surface area (Å²) in [6.07, 6.45) is 2.69. The molecule has 1 unspecified atom stereocenters. The Morgan fingerprint density at radius 3 is 2.75 bits per heavy atom. The first-order valence-electron chi connectivity index (χ1n) is 7.85. The Bertz CT molecular complexity index is 830. The van der Waals surface area contributed by atoms with Gasteiger partial charge in [-0.3, -0.25) is 4.79 Å². The van der Waals surface area contributed by atoms with Gasteiger partial charge in [-0.2, -0.15) is 0 Å². The highest BCUT2D eigenvalue weighted by Crippen LogP contribution is 2.22. The molecule has 0 aliphatic rings. The number of aromatic amines is 1. The molecular formula is C19H19ClN2O2. The molecule has 1 amide bonds. The van der Waals surface area contributed by atoms with Gasteiger partial charge in [-0.05, 0) is 29.7 Å². The number of rotatable bonds is 6. The zero-order valence-corrected chi connectivity index (χ0v) is 13.9. The third-order valence-corrected chi connectivity index (χ3v) is 4.23. The summed E-state index contributed by atoms with van der Waals surface area (Å²) in [5.41, 5.74) is 2.91. The standard InChI is InChI=1S/C19H19ClN2O2/c20-15-6-7-17-14(11-21-18(17)10-15)9-19(24)22-16(12-23)8-13-4-2-1-3-5-13/h1-7,10-11,16,21,23H,8-9,12H2,(H,22,24). The fourth-order valence-electron chi connectivity index (χ4n) is 2.82. The number of hydrogen-bond donors (Lipinski definition) is 3. The van der Waals surface area contributed by atoms with Gasteiger partial charge < -0.3 is 15.4 Å². The van der Waals surface area contributed by atoms with Crippen molar-refractivity contribution in [3.8, 4) is 0 Å². The van der Waals surface area contributed by atoms with E-state index < -0.39 is 0 Å². The number of aliphatic hydroxyl groups excluding tert-OH is 1. The summed E-state index contributed by atoms with van der Waals surface area (Å²) in [5, 5.41) is 14.1. The first kappa shape index (κ1) is 16.6. The maximum atomic E-state index is 12.3. The van der Waals surface area contributed by atoms with Gasteiger partial charge in [-0.1, -0.05) is 48.0 Å². The van der Waals surface area contributed by atoms with E-state index in [0.29, 0.717) is 11.4 Å². The molecule has 124 valence electrons. The lowest BCUT2D eigenvalue weighted by Gasteiger charge is -2.16. The number of carbonyl (C=O) groups is 1. The SMILES string of the molecule is O=C(Cc1c[nH]c2cc(Cl)ccc12)NC(CO)Cc1ccccc1. The topological polar surface area (TPSA) is 65.1 Å². The van der Waals surface area contributed by atoms with E-state index in [1.54, 1.807) is 0 Å². The van der Waals surface area contributed by atoms with Gasteiger partial charge in [0, 0.05) is 22.1 Å². The van der Waals surface area contributed by atoms with Gasteiger partial charge in [0.25, 0.3) is 0 Å². The fraction of sp³-hybridized carbons (Fsp3) is 0.211. The molecule has 0 saturated heterocycles. The predicted octanol–water partition coefficient (Wildman–Crippen LogP) is 3.08. The Morgan fingerprint density at radius 2 is 2.00 bits per heavy atom. The Labute approximate surface area is 145 Å². The predicted molar refractivity (Wildman–Crippen MR) is 96.2 cm³/mol. The molecule has 5 heteroatoms. The second kappa shape index (κ2) is 7.51. The average molecular weight is 343 g/mol. The minimum atomic E-state index is -0.292. The number of halogens is 1. The molecule has 0 spiro atoms. The quantitative estimate of drug-likeness (QED) is 0.644. The first-order chi connectivity index (χ1) is 11.7. The van der Waals surface area contributed by atoms with E-state index >= 15 is 0 Å². The molecule has 1 atom stereocenters. The summed E-state index contributed by atoms with van der Waals surface area (Å²) in [5.74, 6) is -0.110. The lowest BCUT2D eigenvalue weighted by atomic mass is 10.1. The number of fused-ring (bicyclic) bond motifs is 1. The molecule has 0 radical (unpaired) electrons. The van der Waals surface area contributed by atoms with Crippen LogP contribution in [0.2, 0.25) is 5.02 Å². The van der Waals surface area contributed by atoms with Gasteiger partial charge in [0.1, 0.15) is 0 Å². The minimum Gasteiger partial charge on any atom is -0.394 e. The smallest absolute Gasteiger partial charge is 0.224 e. The molecular weight excluding hydrogens is 324 g/mol. The Hall–Kier alpha value is -2.30. The number of H-pyrrole nitrogens is 1. The summed E-state index contributed by atoms with van der Waals surface area (Å²) < 4.78 is 0. The molecule has 4 nitrogen and oxygen atoms in total. The summed E-state index contributed by atoms with van der Waals surface area (Å²) in [7, 11) is 0. The van der Waals surface area contributed by atoms with E-state index in [9.17, 15) is 9.90 Å². The van der Waals surface area contributed by atoms with Crippen LogP contribution >= 0.6 is 11.6 Å². The van der Waals surface area contributed by atoms with Gasteiger partial charge >= 0.3 is 0 Å². The Balaban J connectivity index is 1.65. The van der Waals surface area contributed by atoms with Gasteiger partial charge in [-0.25, -0.2) is 0 Å². The van der Waals surface area contributed by atoms with Crippen LogP contribution in [0.15, 0.2) is 54.7 Å².